The van der Waals surface area contributed by atoms with Crippen LogP contribution in [0.1, 0.15) is 5.01 Å². The molecule has 0 bridgehead atoms. The van der Waals surface area contributed by atoms with E-state index in [0.29, 0.717) is 5.88 Å². The normalized spacial score (nSPS) is 11.6. The van der Waals surface area contributed by atoms with Crippen molar-refractivity contribution in [2.24, 2.45) is 0 Å². The molecule has 0 fully saturated rings. The van der Waals surface area contributed by atoms with Crippen molar-refractivity contribution in [1.29, 1.82) is 0 Å². The monoisotopic (exact) mass is 426 g/mol. The number of rotatable bonds is 7. The maximum absolute atomic E-state index is 12.5. The van der Waals surface area contributed by atoms with E-state index in [1.165, 1.54) is 11.3 Å². The van der Waals surface area contributed by atoms with E-state index in [-0.39, 0.29) is 18.0 Å². The topological polar surface area (TPSA) is 94.1 Å². The van der Waals surface area contributed by atoms with Gasteiger partial charge in [-0.1, -0.05) is 30.3 Å². The molecule has 0 unspecified atom stereocenters. The van der Waals surface area contributed by atoms with Gasteiger partial charge in [-0.3, -0.25) is 0 Å². The Morgan fingerprint density at radius 3 is 2.62 bits per heavy atom. The Morgan fingerprint density at radius 1 is 1.03 bits per heavy atom. The molecule has 148 valence electrons. The number of ether oxygens (including phenoxy) is 1. The highest BCUT2D eigenvalue weighted by Crippen LogP contribution is 2.24. The summed E-state index contributed by atoms with van der Waals surface area (Å²) in [5, 5.41) is 9.06. The largest absolute Gasteiger partial charge is 0.475 e. The summed E-state index contributed by atoms with van der Waals surface area (Å²) in [5.41, 5.74) is 2.51. The molecule has 0 saturated carbocycles. The van der Waals surface area contributed by atoms with E-state index >= 15 is 0 Å². The number of aromatic nitrogens is 3. The number of sulfonamides is 1. The number of hydrogen-bond donors (Lipinski definition) is 1. The Balaban J connectivity index is 1.33. The van der Waals surface area contributed by atoms with Gasteiger partial charge in [0.05, 0.1) is 25.8 Å². The van der Waals surface area contributed by atoms with Crippen LogP contribution in [-0.2, 0) is 10.0 Å². The SMILES string of the molecule is Cc1nc2ccc(S(=O)(=O)NCCOc3ccc(-c4ccccc4)nn3)cc2s1. The maximum Gasteiger partial charge on any atom is 0.240 e. The second kappa shape index (κ2) is 8.24. The molecule has 2 aromatic carbocycles. The van der Waals surface area contributed by atoms with Gasteiger partial charge in [-0.15, -0.1) is 21.5 Å². The molecule has 0 aliphatic rings. The van der Waals surface area contributed by atoms with Crippen LogP contribution in [0.3, 0.4) is 0 Å². The Bertz CT molecular complexity index is 1220. The average molecular weight is 427 g/mol. The maximum atomic E-state index is 12.5. The Hall–Kier alpha value is -2.88. The number of fused-ring (bicyclic) bond motifs is 1. The number of nitrogens with zero attached hydrogens (tertiary/aromatic N) is 3. The summed E-state index contributed by atoms with van der Waals surface area (Å²) in [6.45, 7) is 2.15. The second-order valence-electron chi connectivity index (χ2n) is 6.23. The minimum atomic E-state index is -3.63. The van der Waals surface area contributed by atoms with Crippen molar-refractivity contribution in [3.8, 4) is 17.1 Å². The molecule has 2 aromatic heterocycles. The number of thiazole rings is 1. The molecule has 29 heavy (non-hydrogen) atoms. The summed E-state index contributed by atoms with van der Waals surface area (Å²) in [6.07, 6.45) is 0. The summed E-state index contributed by atoms with van der Waals surface area (Å²) in [6, 6.07) is 18.1. The molecule has 7 nitrogen and oxygen atoms in total. The first-order valence-electron chi connectivity index (χ1n) is 8.90. The lowest BCUT2D eigenvalue weighted by atomic mass is 10.1. The first-order valence-corrected chi connectivity index (χ1v) is 11.2. The van der Waals surface area contributed by atoms with Crippen molar-refractivity contribution in [3.05, 3.63) is 65.7 Å². The molecule has 0 saturated heterocycles. The van der Waals surface area contributed by atoms with Gasteiger partial charge in [-0.2, -0.15) is 0 Å². The zero-order valence-corrected chi connectivity index (χ0v) is 17.2. The number of nitrogens with one attached hydrogen (secondary N) is 1. The van der Waals surface area contributed by atoms with Crippen LogP contribution in [-0.4, -0.2) is 36.8 Å². The van der Waals surface area contributed by atoms with Crippen molar-refractivity contribution in [2.75, 3.05) is 13.2 Å². The molecule has 0 aliphatic carbocycles. The highest BCUT2D eigenvalue weighted by Gasteiger charge is 2.15. The molecular weight excluding hydrogens is 408 g/mol. The van der Waals surface area contributed by atoms with E-state index in [0.717, 1.165) is 26.5 Å². The third-order valence-electron chi connectivity index (χ3n) is 4.13. The van der Waals surface area contributed by atoms with E-state index < -0.39 is 10.0 Å². The lowest BCUT2D eigenvalue weighted by Gasteiger charge is -2.08. The number of hydrogen-bond acceptors (Lipinski definition) is 7. The van der Waals surface area contributed by atoms with E-state index in [1.807, 2.05) is 43.3 Å². The van der Waals surface area contributed by atoms with Crippen molar-refractivity contribution in [3.63, 3.8) is 0 Å². The van der Waals surface area contributed by atoms with Gasteiger partial charge >= 0.3 is 0 Å². The first kappa shape index (κ1) is 19.4. The van der Waals surface area contributed by atoms with E-state index in [1.54, 1.807) is 24.3 Å². The molecule has 1 N–H and O–H groups in total. The molecule has 0 aliphatic heterocycles. The first-order chi connectivity index (χ1) is 14.0. The fourth-order valence-corrected chi connectivity index (χ4v) is 4.74. The predicted octanol–water partition coefficient (Wildman–Crippen LogP) is 3.42. The van der Waals surface area contributed by atoms with Gasteiger partial charge in [0, 0.05) is 18.2 Å². The lowest BCUT2D eigenvalue weighted by molar-refractivity contribution is 0.307. The third-order valence-corrected chi connectivity index (χ3v) is 6.52. The highest BCUT2D eigenvalue weighted by atomic mass is 32.2. The summed E-state index contributed by atoms with van der Waals surface area (Å²) in [7, 11) is -3.63. The second-order valence-corrected chi connectivity index (χ2v) is 9.23. The summed E-state index contributed by atoms with van der Waals surface area (Å²) in [5.74, 6) is 0.338. The van der Waals surface area contributed by atoms with Crippen LogP contribution in [0.4, 0.5) is 0 Å². The molecule has 0 radical (unpaired) electrons. The van der Waals surface area contributed by atoms with Crippen LogP contribution in [0.5, 0.6) is 5.88 Å². The molecule has 4 aromatic rings. The standard InChI is InChI=1S/C20H18N4O3S2/c1-14-22-18-8-7-16(13-19(18)28-14)29(25,26)21-11-12-27-20-10-9-17(23-24-20)15-5-3-2-4-6-15/h2-10,13,21H,11-12H2,1H3. The number of aryl methyl sites for hydroxylation is 1. The molecule has 0 amide bonds. The quantitative estimate of drug-likeness (QED) is 0.455. The van der Waals surface area contributed by atoms with Crippen LogP contribution in [0, 0.1) is 6.92 Å². The minimum Gasteiger partial charge on any atom is -0.475 e. The van der Waals surface area contributed by atoms with Gasteiger partial charge in [0.1, 0.15) is 6.61 Å². The molecule has 0 atom stereocenters. The Kier molecular flexibility index (Phi) is 5.52. The van der Waals surface area contributed by atoms with Crippen molar-refractivity contribution in [1.82, 2.24) is 19.9 Å². The van der Waals surface area contributed by atoms with Gasteiger partial charge in [0.25, 0.3) is 0 Å². The van der Waals surface area contributed by atoms with E-state index in [9.17, 15) is 8.42 Å². The fraction of sp³-hybridized carbons (Fsp3) is 0.150. The number of benzene rings is 2. The molecule has 2 heterocycles. The Labute approximate surface area is 172 Å². The molecule has 9 heteroatoms. The van der Waals surface area contributed by atoms with Gasteiger partial charge in [0.2, 0.25) is 15.9 Å². The highest BCUT2D eigenvalue weighted by molar-refractivity contribution is 7.89. The van der Waals surface area contributed by atoms with Crippen LogP contribution >= 0.6 is 11.3 Å². The summed E-state index contributed by atoms with van der Waals surface area (Å²) < 4.78 is 33.8. The summed E-state index contributed by atoms with van der Waals surface area (Å²) in [4.78, 5) is 4.55. The minimum absolute atomic E-state index is 0.115. The van der Waals surface area contributed by atoms with Gasteiger partial charge in [-0.25, -0.2) is 18.1 Å². The van der Waals surface area contributed by atoms with Crippen molar-refractivity contribution < 1.29 is 13.2 Å². The zero-order chi connectivity index (χ0) is 20.3. The molecule has 4 rings (SSSR count). The lowest BCUT2D eigenvalue weighted by Crippen LogP contribution is -2.28. The fourth-order valence-electron chi connectivity index (χ4n) is 2.76. The Morgan fingerprint density at radius 2 is 1.86 bits per heavy atom. The third kappa shape index (κ3) is 4.58. The average Bonchev–Trinajstić information content (AvgIpc) is 3.11. The van der Waals surface area contributed by atoms with Gasteiger partial charge < -0.3 is 4.74 Å². The van der Waals surface area contributed by atoms with Crippen LogP contribution < -0.4 is 9.46 Å². The van der Waals surface area contributed by atoms with Crippen molar-refractivity contribution >= 4 is 31.6 Å². The molecule has 0 spiro atoms. The predicted molar refractivity (Wildman–Crippen MR) is 113 cm³/mol. The van der Waals surface area contributed by atoms with Gasteiger partial charge in [-0.05, 0) is 31.2 Å². The zero-order valence-electron chi connectivity index (χ0n) is 15.6. The van der Waals surface area contributed by atoms with Crippen molar-refractivity contribution in [2.45, 2.75) is 11.8 Å². The van der Waals surface area contributed by atoms with Crippen LogP contribution in [0.2, 0.25) is 0 Å². The van der Waals surface area contributed by atoms with Gasteiger partial charge in [0.15, 0.2) is 0 Å². The van der Waals surface area contributed by atoms with Crippen LogP contribution in [0.15, 0.2) is 65.6 Å². The molecular formula is C20H18N4O3S2. The van der Waals surface area contributed by atoms with E-state index in [2.05, 4.69) is 19.9 Å². The van der Waals surface area contributed by atoms with Crippen LogP contribution in [0.25, 0.3) is 21.5 Å². The van der Waals surface area contributed by atoms with E-state index in [4.69, 9.17) is 4.74 Å². The summed E-state index contributed by atoms with van der Waals surface area (Å²) >= 11 is 1.46. The smallest absolute Gasteiger partial charge is 0.240 e.